The lowest BCUT2D eigenvalue weighted by atomic mass is 10.1. The summed E-state index contributed by atoms with van der Waals surface area (Å²) < 4.78 is 105. The van der Waals surface area contributed by atoms with Gasteiger partial charge in [0.05, 0.1) is 57.4 Å². The minimum Gasteiger partial charge on any atom is -0.505 e. The highest BCUT2D eigenvalue weighted by Crippen LogP contribution is 2.46. The number of hydrogen-bond acceptors (Lipinski definition) is 14. The van der Waals surface area contributed by atoms with Crippen LogP contribution in [0, 0.1) is 0 Å². The SMILES string of the molecule is CF.CF.CF.CF.CF.CF.CF.CF.C[Si](C)([Si]([O][Al]1[n]2c3c4ccccc4c2N=C2N=C(N=c4c5ccccc5c([n]41)=NC1=NC(=N3)c3ccccc31)c1ccccc12)(c1ccccc1)c1ccccc1)[Si]([O][Al]1[n]2c3c4ccccc4c2N=C2N=C(N=c4c5ccccc5c([n]41)=NC1=NC(=N3)c3ccccc31)c1ccccc12)(c1ccccc1)c1ccccc1. The third-order valence-electron chi connectivity index (χ3n) is 23.6. The van der Waals surface area contributed by atoms with Crippen molar-refractivity contribution in [3.63, 3.8) is 0 Å². The van der Waals surface area contributed by atoms with E-state index < -0.39 is 52.6 Å². The van der Waals surface area contributed by atoms with Crippen molar-refractivity contribution in [3.8, 4) is 0 Å². The molecule has 0 atom stereocenters. The van der Waals surface area contributed by atoms with Crippen molar-refractivity contribution in [1.82, 2.24) is 14.2 Å². The van der Waals surface area contributed by atoms with E-state index in [0.717, 1.165) is 108 Å². The zero-order valence-corrected chi connectivity index (χ0v) is 77.0. The van der Waals surface area contributed by atoms with Gasteiger partial charge in [-0.2, -0.15) is 0 Å². The molecule has 0 N–H and O–H groups in total. The molecule has 0 saturated heterocycles. The van der Waals surface area contributed by atoms with Gasteiger partial charge in [-0.3, -0.25) is 35.1 Å². The van der Waals surface area contributed by atoms with E-state index >= 15 is 0 Å². The van der Waals surface area contributed by atoms with Crippen LogP contribution in [0.25, 0.3) is 43.1 Å². The largest absolute Gasteiger partial charge is 0.799 e. The van der Waals surface area contributed by atoms with Gasteiger partial charge in [-0.25, -0.2) is 59.9 Å². The summed E-state index contributed by atoms with van der Waals surface area (Å²) in [6.07, 6.45) is 0. The van der Waals surface area contributed by atoms with Gasteiger partial charge in [0.25, 0.3) is 0 Å². The van der Waals surface area contributed by atoms with Gasteiger partial charge < -0.3 is 21.2 Å². The molecular formula is C98H82Al2F8N16O2Si3. The van der Waals surface area contributed by atoms with Crippen LogP contribution in [0.4, 0.5) is 58.4 Å². The number of rotatable bonds is 10. The van der Waals surface area contributed by atoms with E-state index in [1.54, 1.807) is 0 Å². The molecule has 0 radical (unpaired) electrons. The number of halogens is 8. The van der Waals surface area contributed by atoms with Crippen LogP contribution < -0.4 is 42.7 Å². The highest BCUT2D eigenvalue weighted by atomic mass is 29.7. The molecule has 8 aliphatic heterocycles. The molecule has 12 heterocycles. The number of hydrogen-bond donors (Lipinski definition) is 0. The minimum atomic E-state index is -4.40. The first kappa shape index (κ1) is 88.9. The molecule has 0 unspecified atom stereocenters. The second kappa shape index (κ2) is 38.2. The fraction of sp³-hybridized carbons (Fsp3) is 0.102. The maximum absolute atomic E-state index is 9.84. The first-order chi connectivity index (χ1) is 63.8. The summed E-state index contributed by atoms with van der Waals surface area (Å²) in [5, 5.41) is 11.2. The third kappa shape index (κ3) is 14.3. The molecule has 12 aromatic carbocycles. The molecule has 16 aromatic rings. The molecule has 12 bridgehead atoms. The summed E-state index contributed by atoms with van der Waals surface area (Å²) in [4.78, 5) is 69.5. The Labute approximate surface area is 749 Å². The number of amidine groups is 8. The molecule has 0 spiro atoms. The van der Waals surface area contributed by atoms with Crippen molar-refractivity contribution in [1.29, 1.82) is 0 Å². The summed E-state index contributed by atoms with van der Waals surface area (Å²) in [5.74, 6) is 6.82. The van der Waals surface area contributed by atoms with E-state index in [0.29, 0.717) is 149 Å². The standard InChI is InChI=1S/2C32H16N8.C26H26O2Si3.8CH3F.2Al/c2*1-2-10-18-17(9-1)25-33-26(18)38-28-21-13-5-6-14-22(21)30(35-28)40-32-24-16-8-7-15-23(24)31(36-32)39-29-20-12-4-3-11-19(20)27(34-29)37-25;1-29(2,30(27,23-15-7-3-8-16-23)24-17-9-4-10-18-24)31(28,25-19-11-5-12-20-25)26-21-13-6-14-22-26;8*1-2;;/h2*1-16H;3-22H,1-2H3;8*1H3;;/q3*-2;;;;;;;;;2*+3. The van der Waals surface area contributed by atoms with Crippen molar-refractivity contribution in [2.24, 2.45) is 59.9 Å². The number of alkyl halides is 8. The normalized spacial score (nSPS) is 13.7. The van der Waals surface area contributed by atoms with Gasteiger partial charge in [0, 0.05) is 87.6 Å². The molecule has 4 aromatic heterocycles. The van der Waals surface area contributed by atoms with Crippen molar-refractivity contribution in [2.45, 2.75) is 13.1 Å². The van der Waals surface area contributed by atoms with Crippen LogP contribution >= 0.6 is 0 Å². The number of nitrogens with zero attached hydrogens (tertiary/aromatic N) is 16. The summed E-state index contributed by atoms with van der Waals surface area (Å²) >= 11 is -7.76. The molecule has 0 amide bonds. The van der Waals surface area contributed by atoms with E-state index in [1.165, 1.54) is 0 Å². The summed E-state index contributed by atoms with van der Waals surface area (Å²) in [6.45, 7) is 5.20. The maximum atomic E-state index is 9.84. The molecule has 0 aliphatic carbocycles. The Morgan fingerprint density at radius 2 is 0.357 bits per heavy atom. The van der Waals surface area contributed by atoms with Crippen LogP contribution in [0.3, 0.4) is 0 Å². The Balaban J connectivity index is 0.000000725. The molecule has 0 saturated carbocycles. The Bertz CT molecular complexity index is 6710. The van der Waals surface area contributed by atoms with Crippen molar-refractivity contribution < 1.29 is 42.1 Å². The average Bonchev–Trinajstić information content (AvgIpc) is 1.62. The molecule has 8 aliphatic rings. The van der Waals surface area contributed by atoms with Gasteiger partial charge in [-0.15, -0.1) is 0 Å². The lowest BCUT2D eigenvalue weighted by molar-refractivity contribution is 0.546. The molecule has 24 rings (SSSR count). The van der Waals surface area contributed by atoms with Crippen LogP contribution in [0.15, 0.2) is 375 Å². The quantitative estimate of drug-likeness (QED) is 0.0975. The summed E-state index contributed by atoms with van der Waals surface area (Å²) in [5.41, 5.74) is 9.48. The molecule has 0 fully saturated rings. The predicted molar refractivity (Wildman–Crippen MR) is 514 cm³/mol. The molecule has 18 nitrogen and oxygen atoms in total. The highest BCUT2D eigenvalue weighted by Gasteiger charge is 2.71. The fourth-order valence-electron chi connectivity index (χ4n) is 18.6. The minimum absolute atomic E-state index is 0.500. The molecular weight excluding hydrogens is 1720 g/mol. The summed E-state index contributed by atoms with van der Waals surface area (Å²) in [7, 11) is -8.81. The zero-order valence-electron chi connectivity index (χ0n) is 71.7. The number of aliphatic imine (C=N–C) groups is 8. The number of aromatic nitrogens is 4. The molecule has 129 heavy (non-hydrogen) atoms. The van der Waals surface area contributed by atoms with E-state index in [4.69, 9.17) is 59.9 Å². The van der Waals surface area contributed by atoms with Gasteiger partial charge >= 0.3 is 29.8 Å². The lowest BCUT2D eigenvalue weighted by Crippen LogP contribution is -2.93. The fourth-order valence-corrected chi connectivity index (χ4v) is 69.9. The second-order valence-electron chi connectivity index (χ2n) is 29.7. The molecule has 31 heteroatoms. The third-order valence-corrected chi connectivity index (χ3v) is 62.4. The van der Waals surface area contributed by atoms with Gasteiger partial charge in [0.15, 0.2) is 46.7 Å². The van der Waals surface area contributed by atoms with E-state index in [2.05, 4.69) is 343 Å². The smallest absolute Gasteiger partial charge is 0.505 e. The van der Waals surface area contributed by atoms with E-state index in [-0.39, 0.29) is 0 Å². The van der Waals surface area contributed by atoms with E-state index in [9.17, 15) is 42.1 Å². The van der Waals surface area contributed by atoms with Crippen LogP contribution in [-0.4, -0.2) is 171 Å². The van der Waals surface area contributed by atoms with Crippen LogP contribution in [-0.2, 0) is 6.96 Å². The Morgan fingerprint density at radius 3 is 0.550 bits per heavy atom. The Kier molecular flexibility index (Phi) is 26.3. The first-order valence-electron chi connectivity index (χ1n) is 40.9. The monoisotopic (exact) mass is 1800 g/mol. The molecule has 640 valence electrons. The van der Waals surface area contributed by atoms with Gasteiger partial charge in [-0.1, -0.05) is 329 Å². The van der Waals surface area contributed by atoms with Gasteiger partial charge in [0.1, 0.15) is 52.3 Å². The number of fused-ring (bicyclic) bond motifs is 28. The highest BCUT2D eigenvalue weighted by molar-refractivity contribution is 7.76. The van der Waals surface area contributed by atoms with E-state index in [1.807, 2.05) is 0 Å². The lowest BCUT2D eigenvalue weighted by Gasteiger charge is -2.55. The van der Waals surface area contributed by atoms with Crippen LogP contribution in [0.2, 0.25) is 13.1 Å². The van der Waals surface area contributed by atoms with Crippen molar-refractivity contribution in [3.05, 3.63) is 382 Å². The van der Waals surface area contributed by atoms with Crippen LogP contribution in [0.5, 0.6) is 0 Å². The zero-order chi connectivity index (χ0) is 90.4. The van der Waals surface area contributed by atoms with Crippen molar-refractivity contribution in [2.75, 3.05) is 57.4 Å². The second-order valence-corrected chi connectivity index (χ2v) is 56.5. The predicted octanol–water partition coefficient (Wildman–Crippen LogP) is 17.0. The first-order valence-corrected chi connectivity index (χ1v) is 52.7. The summed E-state index contributed by atoms with van der Waals surface area (Å²) in [6, 6.07) is 112. The average molecular weight is 1810 g/mol. The number of benzene rings is 12. The Hall–Kier alpha value is -13.6. The Morgan fingerprint density at radius 1 is 0.194 bits per heavy atom. The van der Waals surface area contributed by atoms with Gasteiger partial charge in [0.2, 0.25) is 15.7 Å². The van der Waals surface area contributed by atoms with Crippen molar-refractivity contribution >= 4 is 186 Å². The van der Waals surface area contributed by atoms with Gasteiger partial charge in [-0.05, 0) is 20.7 Å². The van der Waals surface area contributed by atoms with Crippen LogP contribution in [0.1, 0.15) is 44.5 Å². The topological polar surface area (TPSA) is 187 Å². The maximum Gasteiger partial charge on any atom is 0.799 e.